The van der Waals surface area contributed by atoms with Crippen LogP contribution in [-0.4, -0.2) is 25.1 Å². The molecule has 2 aromatic heterocycles. The molecule has 7 heteroatoms. The number of aryl methyl sites for hydroxylation is 2. The molecule has 5 nitrogen and oxygen atoms in total. The van der Waals surface area contributed by atoms with Gasteiger partial charge in [-0.15, -0.1) is 0 Å². The number of hydrogen-bond acceptors (Lipinski definition) is 6. The van der Waals surface area contributed by atoms with Gasteiger partial charge >= 0.3 is 0 Å². The highest BCUT2D eigenvalue weighted by Gasteiger charge is 2.06. The molecule has 20 heavy (non-hydrogen) atoms. The van der Waals surface area contributed by atoms with Gasteiger partial charge in [0.25, 0.3) is 0 Å². The average Bonchev–Trinajstić information content (AvgIpc) is 3.04. The van der Waals surface area contributed by atoms with Crippen LogP contribution in [0.4, 0.5) is 5.69 Å². The van der Waals surface area contributed by atoms with E-state index in [0.29, 0.717) is 0 Å². The zero-order valence-electron chi connectivity index (χ0n) is 11.1. The van der Waals surface area contributed by atoms with Crippen LogP contribution < -0.4 is 5.73 Å². The lowest BCUT2D eigenvalue weighted by atomic mass is 10.3. The molecule has 0 bridgehead atoms. The zero-order chi connectivity index (χ0) is 13.9. The zero-order valence-corrected chi connectivity index (χ0v) is 12.7. The van der Waals surface area contributed by atoms with Crippen molar-refractivity contribution in [3.63, 3.8) is 0 Å². The third-order valence-electron chi connectivity index (χ3n) is 2.89. The maximum atomic E-state index is 5.76. The lowest BCUT2D eigenvalue weighted by Gasteiger charge is -1.94. The fourth-order valence-electron chi connectivity index (χ4n) is 1.87. The quantitative estimate of drug-likeness (QED) is 0.559. The van der Waals surface area contributed by atoms with Gasteiger partial charge in [0, 0.05) is 24.3 Å². The van der Waals surface area contributed by atoms with E-state index in [2.05, 4.69) is 26.2 Å². The number of hydrogen-bond donors (Lipinski definition) is 2. The standard InChI is InChI=1S/C13H15N5S2/c1-2-11-17-13(20-18-11)19-6-5-12-15-9-4-3-8(14)7-10(9)16-12/h3-4,7H,2,5-6,14H2,1H3,(H,15,16). The average molecular weight is 305 g/mol. The highest BCUT2D eigenvalue weighted by molar-refractivity contribution is 8.00. The Morgan fingerprint density at radius 1 is 1.35 bits per heavy atom. The van der Waals surface area contributed by atoms with Crippen molar-refractivity contribution in [3.8, 4) is 0 Å². The lowest BCUT2D eigenvalue weighted by molar-refractivity contribution is 0.968. The van der Waals surface area contributed by atoms with E-state index in [0.717, 1.165) is 51.3 Å². The van der Waals surface area contributed by atoms with Gasteiger partial charge in [-0.3, -0.25) is 0 Å². The van der Waals surface area contributed by atoms with Crippen molar-refractivity contribution in [3.05, 3.63) is 29.8 Å². The van der Waals surface area contributed by atoms with E-state index >= 15 is 0 Å². The van der Waals surface area contributed by atoms with Crippen LogP contribution in [0, 0.1) is 0 Å². The minimum absolute atomic E-state index is 0.753. The number of H-pyrrole nitrogens is 1. The van der Waals surface area contributed by atoms with Gasteiger partial charge in [-0.1, -0.05) is 18.7 Å². The van der Waals surface area contributed by atoms with Crippen LogP contribution in [-0.2, 0) is 12.8 Å². The summed E-state index contributed by atoms with van der Waals surface area (Å²) in [6.07, 6.45) is 1.77. The molecule has 0 unspecified atom stereocenters. The van der Waals surface area contributed by atoms with E-state index in [9.17, 15) is 0 Å². The molecule has 2 heterocycles. The molecule has 0 saturated heterocycles. The van der Waals surface area contributed by atoms with Crippen LogP contribution in [0.15, 0.2) is 22.5 Å². The van der Waals surface area contributed by atoms with Crippen LogP contribution >= 0.6 is 23.3 Å². The smallest absolute Gasteiger partial charge is 0.170 e. The van der Waals surface area contributed by atoms with E-state index in [1.807, 2.05) is 18.2 Å². The molecule has 0 saturated carbocycles. The van der Waals surface area contributed by atoms with Crippen LogP contribution in [0.3, 0.4) is 0 Å². The summed E-state index contributed by atoms with van der Waals surface area (Å²) >= 11 is 3.20. The van der Waals surface area contributed by atoms with Crippen molar-refractivity contribution in [2.75, 3.05) is 11.5 Å². The second kappa shape index (κ2) is 5.80. The summed E-state index contributed by atoms with van der Waals surface area (Å²) in [5.74, 6) is 2.85. The molecule has 0 aliphatic rings. The molecule has 3 aromatic rings. The first-order chi connectivity index (χ1) is 9.74. The number of nitrogens with one attached hydrogen (secondary N) is 1. The first-order valence-corrected chi connectivity index (χ1v) is 8.20. The van der Waals surface area contributed by atoms with Crippen LogP contribution in [0.2, 0.25) is 0 Å². The molecule has 0 atom stereocenters. The van der Waals surface area contributed by atoms with Crippen molar-refractivity contribution < 1.29 is 0 Å². The predicted octanol–water partition coefficient (Wildman–Crippen LogP) is 2.89. The number of thioether (sulfide) groups is 1. The van der Waals surface area contributed by atoms with E-state index in [4.69, 9.17) is 5.73 Å². The molecule has 104 valence electrons. The van der Waals surface area contributed by atoms with Gasteiger partial charge in [0.2, 0.25) is 0 Å². The van der Waals surface area contributed by atoms with E-state index in [1.54, 1.807) is 11.8 Å². The maximum absolute atomic E-state index is 5.76. The Labute approximate surface area is 125 Å². The van der Waals surface area contributed by atoms with Crippen molar-refractivity contribution in [2.24, 2.45) is 0 Å². The van der Waals surface area contributed by atoms with Gasteiger partial charge in [-0.25, -0.2) is 9.97 Å². The van der Waals surface area contributed by atoms with E-state index in [-0.39, 0.29) is 0 Å². The van der Waals surface area contributed by atoms with Crippen molar-refractivity contribution in [1.82, 2.24) is 19.3 Å². The highest BCUT2D eigenvalue weighted by atomic mass is 32.2. The summed E-state index contributed by atoms with van der Waals surface area (Å²) in [7, 11) is 0. The van der Waals surface area contributed by atoms with Gasteiger partial charge in [0.15, 0.2) is 4.34 Å². The molecule has 0 aliphatic carbocycles. The molecule has 0 fully saturated rings. The largest absolute Gasteiger partial charge is 0.399 e. The SMILES string of the molecule is CCc1nsc(SCCc2nc3ccc(N)cc3[nH]2)n1. The lowest BCUT2D eigenvalue weighted by Crippen LogP contribution is -1.91. The monoisotopic (exact) mass is 305 g/mol. The Morgan fingerprint density at radius 3 is 3.05 bits per heavy atom. The number of anilines is 1. The Bertz CT molecular complexity index is 718. The fourth-order valence-corrected chi connectivity index (χ4v) is 3.59. The number of fused-ring (bicyclic) bond motifs is 1. The second-order valence-corrected chi connectivity index (χ2v) is 6.48. The molecular formula is C13H15N5S2. The molecule has 3 rings (SSSR count). The van der Waals surface area contributed by atoms with Gasteiger partial charge in [0.05, 0.1) is 11.0 Å². The Morgan fingerprint density at radius 2 is 2.25 bits per heavy atom. The summed E-state index contributed by atoms with van der Waals surface area (Å²) in [5, 5.41) is 0. The number of imidazole rings is 1. The third kappa shape index (κ3) is 2.94. The number of nitrogens with zero attached hydrogens (tertiary/aromatic N) is 3. The minimum Gasteiger partial charge on any atom is -0.399 e. The topological polar surface area (TPSA) is 80.5 Å². The van der Waals surface area contributed by atoms with Crippen molar-refractivity contribution in [1.29, 1.82) is 0 Å². The Kier molecular flexibility index (Phi) is 3.88. The molecular weight excluding hydrogens is 290 g/mol. The number of benzene rings is 1. The first kappa shape index (κ1) is 13.4. The Hall–Kier alpha value is -1.60. The number of aromatic nitrogens is 4. The van der Waals surface area contributed by atoms with Gasteiger partial charge in [-0.2, -0.15) is 4.37 Å². The van der Waals surface area contributed by atoms with Crippen molar-refractivity contribution >= 4 is 40.0 Å². The predicted molar refractivity (Wildman–Crippen MR) is 84.2 cm³/mol. The second-order valence-electron chi connectivity index (χ2n) is 4.39. The van der Waals surface area contributed by atoms with E-state index < -0.39 is 0 Å². The van der Waals surface area contributed by atoms with Gasteiger partial charge in [0.1, 0.15) is 11.6 Å². The van der Waals surface area contributed by atoms with Crippen LogP contribution in [0.5, 0.6) is 0 Å². The first-order valence-electron chi connectivity index (χ1n) is 6.44. The summed E-state index contributed by atoms with van der Waals surface area (Å²) in [5.41, 5.74) is 8.47. The van der Waals surface area contributed by atoms with Crippen molar-refractivity contribution in [2.45, 2.75) is 24.1 Å². The van der Waals surface area contributed by atoms with Gasteiger partial charge in [-0.05, 0) is 29.7 Å². The summed E-state index contributed by atoms with van der Waals surface area (Å²) in [4.78, 5) is 12.3. The van der Waals surface area contributed by atoms with Gasteiger partial charge < -0.3 is 10.7 Å². The third-order valence-corrected chi connectivity index (χ3v) is 4.76. The number of nitrogens with two attached hydrogens (primary N) is 1. The Balaban J connectivity index is 1.62. The summed E-state index contributed by atoms with van der Waals surface area (Å²) < 4.78 is 5.31. The van der Waals surface area contributed by atoms with Crippen LogP contribution in [0.25, 0.3) is 11.0 Å². The molecule has 3 N–H and O–H groups in total. The number of nitrogen functional groups attached to an aromatic ring is 1. The minimum atomic E-state index is 0.753. The van der Waals surface area contributed by atoms with E-state index in [1.165, 1.54) is 11.5 Å². The number of aromatic amines is 1. The fraction of sp³-hybridized carbons (Fsp3) is 0.308. The highest BCUT2D eigenvalue weighted by Crippen LogP contribution is 2.22. The summed E-state index contributed by atoms with van der Waals surface area (Å²) in [6.45, 7) is 2.07. The molecule has 0 spiro atoms. The molecule has 1 aromatic carbocycles. The maximum Gasteiger partial charge on any atom is 0.170 e. The number of rotatable bonds is 5. The normalized spacial score (nSPS) is 11.2. The molecule has 0 radical (unpaired) electrons. The molecule has 0 aliphatic heterocycles. The summed E-state index contributed by atoms with van der Waals surface area (Å²) in [6, 6.07) is 5.72. The molecule has 0 amide bonds. The van der Waals surface area contributed by atoms with Crippen LogP contribution in [0.1, 0.15) is 18.6 Å².